The van der Waals surface area contributed by atoms with Gasteiger partial charge in [-0.05, 0) is 48.2 Å². The average molecular weight is 465 g/mol. The van der Waals surface area contributed by atoms with Crippen molar-refractivity contribution in [2.24, 2.45) is 0 Å². The fourth-order valence-electron chi connectivity index (χ4n) is 3.39. The second kappa shape index (κ2) is 10.8. The fraction of sp³-hybridized carbons (Fsp3) is 0.304. The van der Waals surface area contributed by atoms with Crippen molar-refractivity contribution in [3.8, 4) is 11.1 Å². The third kappa shape index (κ3) is 5.85. The number of fused-ring (bicyclic) bond motifs is 1. The molecule has 4 rings (SSSR count). The summed E-state index contributed by atoms with van der Waals surface area (Å²) in [4.78, 5) is 16.7. The number of rotatable bonds is 5. The zero-order chi connectivity index (χ0) is 22.4. The van der Waals surface area contributed by atoms with E-state index in [2.05, 4.69) is 15.7 Å². The minimum absolute atomic E-state index is 0.0938. The highest BCUT2D eigenvalue weighted by molar-refractivity contribution is 6.45. The summed E-state index contributed by atoms with van der Waals surface area (Å²) < 4.78 is 17.8. The zero-order valence-corrected chi connectivity index (χ0v) is 18.6. The number of methoxy groups -OCH3 is 1. The number of hydrogen-bond acceptors (Lipinski definition) is 4. The molecule has 0 aliphatic carbocycles. The Bertz CT molecular complexity index is 1050. The third-order valence-electron chi connectivity index (χ3n) is 4.96. The molecule has 1 saturated heterocycles. The molecule has 3 aromatic rings. The Balaban J connectivity index is 0.000000339. The summed E-state index contributed by atoms with van der Waals surface area (Å²) in [5.41, 5.74) is 2.61. The summed E-state index contributed by atoms with van der Waals surface area (Å²) >= 11 is 12.6. The molecule has 8 heteroatoms. The van der Waals surface area contributed by atoms with Crippen LogP contribution in [0.2, 0.25) is 10.0 Å². The standard InChI is InChI=1S/C19H15Cl2FN2.C4H8O3/c20-16-8-7-14-15(12-3-5-13(22)6-4-12)11-17(23-19(14)18(16)21)24-9-1-2-10-24;1-7-3-2-4(5)6/h3-8,11H,1-2,9-10H2;2-3H2,1H3,(H,5,6). The summed E-state index contributed by atoms with van der Waals surface area (Å²) in [7, 11) is 1.48. The number of anilines is 1. The van der Waals surface area contributed by atoms with Crippen LogP contribution in [0.25, 0.3) is 22.0 Å². The van der Waals surface area contributed by atoms with Crippen molar-refractivity contribution >= 4 is 45.9 Å². The highest BCUT2D eigenvalue weighted by atomic mass is 35.5. The largest absolute Gasteiger partial charge is 0.481 e. The first-order valence-corrected chi connectivity index (χ1v) is 10.7. The predicted octanol–water partition coefficient (Wildman–Crippen LogP) is 6.06. The number of ether oxygens (including phenoxy) is 1. The highest BCUT2D eigenvalue weighted by Crippen LogP contribution is 2.38. The molecule has 1 fully saturated rings. The van der Waals surface area contributed by atoms with Crippen LogP contribution < -0.4 is 4.90 Å². The van der Waals surface area contributed by atoms with Gasteiger partial charge in [-0.15, -0.1) is 0 Å². The summed E-state index contributed by atoms with van der Waals surface area (Å²) in [5, 5.41) is 9.82. The number of benzene rings is 2. The van der Waals surface area contributed by atoms with Crippen LogP contribution in [-0.2, 0) is 9.53 Å². The second-order valence-corrected chi connectivity index (χ2v) is 7.91. The first-order valence-electron chi connectivity index (χ1n) is 9.91. The normalized spacial score (nSPS) is 13.2. The number of pyridine rings is 1. The number of nitrogens with zero attached hydrogens (tertiary/aromatic N) is 2. The Morgan fingerprint density at radius 1 is 1.16 bits per heavy atom. The number of aliphatic carboxylic acids is 1. The van der Waals surface area contributed by atoms with Crippen LogP contribution >= 0.6 is 23.2 Å². The molecular formula is C23H23Cl2FN2O3. The van der Waals surface area contributed by atoms with Gasteiger partial charge in [0.1, 0.15) is 11.6 Å². The average Bonchev–Trinajstić information content (AvgIpc) is 3.30. The van der Waals surface area contributed by atoms with E-state index in [4.69, 9.17) is 33.3 Å². The number of carboxylic acids is 1. The molecular weight excluding hydrogens is 442 g/mol. The molecule has 0 saturated carbocycles. The van der Waals surface area contributed by atoms with E-state index in [9.17, 15) is 9.18 Å². The summed E-state index contributed by atoms with van der Waals surface area (Å²) in [6.45, 7) is 2.27. The van der Waals surface area contributed by atoms with Gasteiger partial charge < -0.3 is 14.7 Å². The highest BCUT2D eigenvalue weighted by Gasteiger charge is 2.18. The Hall–Kier alpha value is -2.41. The molecule has 31 heavy (non-hydrogen) atoms. The number of carboxylic acid groups (broad SMARTS) is 1. The smallest absolute Gasteiger partial charge is 0.305 e. The topological polar surface area (TPSA) is 62.7 Å². The maximum Gasteiger partial charge on any atom is 0.305 e. The van der Waals surface area contributed by atoms with E-state index >= 15 is 0 Å². The lowest BCUT2D eigenvalue weighted by molar-refractivity contribution is -0.137. The lowest BCUT2D eigenvalue weighted by atomic mass is 10.0. The van der Waals surface area contributed by atoms with E-state index in [-0.39, 0.29) is 12.2 Å². The SMILES string of the molecule is COCCC(=O)O.Fc1ccc(-c2cc(N3CCCC3)nc3c(Cl)c(Cl)ccc23)cc1. The van der Waals surface area contributed by atoms with Crippen LogP contribution in [0, 0.1) is 5.82 Å². The molecule has 1 aromatic heterocycles. The van der Waals surface area contributed by atoms with Crippen molar-refractivity contribution in [2.45, 2.75) is 19.3 Å². The van der Waals surface area contributed by atoms with Crippen LogP contribution in [0.1, 0.15) is 19.3 Å². The van der Waals surface area contributed by atoms with E-state index in [0.717, 1.165) is 48.3 Å². The van der Waals surface area contributed by atoms with Gasteiger partial charge in [-0.3, -0.25) is 4.79 Å². The quantitative estimate of drug-likeness (QED) is 0.497. The van der Waals surface area contributed by atoms with Gasteiger partial charge >= 0.3 is 5.97 Å². The van der Waals surface area contributed by atoms with Gasteiger partial charge in [0.15, 0.2) is 0 Å². The molecule has 0 amide bonds. The van der Waals surface area contributed by atoms with Crippen molar-refractivity contribution in [3.05, 3.63) is 58.3 Å². The van der Waals surface area contributed by atoms with Gasteiger partial charge in [-0.1, -0.05) is 41.4 Å². The number of carbonyl (C=O) groups is 1. The Labute approximate surface area is 190 Å². The maximum atomic E-state index is 13.3. The van der Waals surface area contributed by atoms with Crippen LogP contribution in [0.3, 0.4) is 0 Å². The van der Waals surface area contributed by atoms with Crippen LogP contribution in [0.5, 0.6) is 0 Å². The van der Waals surface area contributed by atoms with Crippen molar-refractivity contribution in [2.75, 3.05) is 31.7 Å². The maximum absolute atomic E-state index is 13.3. The Morgan fingerprint density at radius 2 is 1.84 bits per heavy atom. The van der Waals surface area contributed by atoms with Crippen LogP contribution in [-0.4, -0.2) is 42.9 Å². The first kappa shape index (κ1) is 23.3. The molecule has 0 unspecified atom stereocenters. The predicted molar refractivity (Wildman–Crippen MR) is 123 cm³/mol. The number of aromatic nitrogens is 1. The molecule has 2 heterocycles. The monoisotopic (exact) mass is 464 g/mol. The van der Waals surface area contributed by atoms with E-state index in [1.807, 2.05) is 6.07 Å². The summed E-state index contributed by atoms with van der Waals surface area (Å²) in [6, 6.07) is 12.2. The fourth-order valence-corrected chi connectivity index (χ4v) is 3.75. The third-order valence-corrected chi connectivity index (χ3v) is 5.76. The van der Waals surface area contributed by atoms with Gasteiger partial charge in [0.25, 0.3) is 0 Å². The minimum Gasteiger partial charge on any atom is -0.481 e. The Kier molecular flexibility index (Phi) is 8.07. The van der Waals surface area contributed by atoms with Gasteiger partial charge in [0.05, 0.1) is 28.6 Å². The molecule has 0 atom stereocenters. The van der Waals surface area contributed by atoms with Gasteiger partial charge in [0.2, 0.25) is 0 Å². The summed E-state index contributed by atoms with van der Waals surface area (Å²) in [6.07, 6.45) is 2.42. The van der Waals surface area contributed by atoms with Crippen LogP contribution in [0.15, 0.2) is 42.5 Å². The van der Waals surface area contributed by atoms with Gasteiger partial charge in [-0.2, -0.15) is 0 Å². The molecule has 2 aromatic carbocycles. The molecule has 0 spiro atoms. The number of halogens is 3. The lowest BCUT2D eigenvalue weighted by Crippen LogP contribution is -2.19. The molecule has 5 nitrogen and oxygen atoms in total. The van der Waals surface area contributed by atoms with Crippen molar-refractivity contribution in [1.82, 2.24) is 4.98 Å². The lowest BCUT2D eigenvalue weighted by Gasteiger charge is -2.19. The molecule has 1 aliphatic rings. The number of hydrogen-bond donors (Lipinski definition) is 1. The van der Waals surface area contributed by atoms with E-state index in [1.165, 1.54) is 19.2 Å². The van der Waals surface area contributed by atoms with Crippen molar-refractivity contribution < 1.29 is 19.0 Å². The van der Waals surface area contributed by atoms with Crippen molar-refractivity contribution in [3.63, 3.8) is 0 Å². The first-order chi connectivity index (χ1) is 14.9. The second-order valence-electron chi connectivity index (χ2n) is 7.12. The minimum atomic E-state index is -0.818. The van der Waals surface area contributed by atoms with Crippen LogP contribution in [0.4, 0.5) is 10.2 Å². The zero-order valence-electron chi connectivity index (χ0n) is 17.1. The Morgan fingerprint density at radius 3 is 2.42 bits per heavy atom. The van der Waals surface area contributed by atoms with E-state index < -0.39 is 5.97 Å². The van der Waals surface area contributed by atoms with E-state index in [0.29, 0.717) is 22.2 Å². The molecule has 1 aliphatic heterocycles. The molecule has 0 radical (unpaired) electrons. The molecule has 1 N–H and O–H groups in total. The van der Waals surface area contributed by atoms with Crippen molar-refractivity contribution in [1.29, 1.82) is 0 Å². The van der Waals surface area contributed by atoms with Gasteiger partial charge in [-0.25, -0.2) is 9.37 Å². The van der Waals surface area contributed by atoms with E-state index in [1.54, 1.807) is 18.2 Å². The molecule has 0 bridgehead atoms. The van der Waals surface area contributed by atoms with Gasteiger partial charge in [0, 0.05) is 25.6 Å². The molecule has 164 valence electrons. The summed E-state index contributed by atoms with van der Waals surface area (Å²) in [5.74, 6) is -0.178.